The Bertz CT molecular complexity index is 1010. The summed E-state index contributed by atoms with van der Waals surface area (Å²) in [6.07, 6.45) is 12.6. The first kappa shape index (κ1) is 22.5. The molecule has 2 N–H and O–H groups in total. The van der Waals surface area contributed by atoms with Gasteiger partial charge in [0.15, 0.2) is 0 Å². The molecule has 2 saturated carbocycles. The van der Waals surface area contributed by atoms with E-state index < -0.39 is 0 Å². The van der Waals surface area contributed by atoms with Crippen molar-refractivity contribution in [1.29, 1.82) is 0 Å². The Hall–Kier alpha value is -2.34. The average molecular weight is 468 g/mol. The third-order valence-corrected chi connectivity index (χ3v) is 8.13. The predicted octanol–water partition coefficient (Wildman–Crippen LogP) is 5.49. The van der Waals surface area contributed by atoms with Gasteiger partial charge in [-0.2, -0.15) is 4.98 Å². The zero-order valence-corrected chi connectivity index (χ0v) is 20.3. The lowest BCUT2D eigenvalue weighted by Crippen LogP contribution is -2.37. The van der Waals surface area contributed by atoms with Crippen LogP contribution in [0.5, 0.6) is 0 Å². The topological polar surface area (TPSA) is 70.2 Å². The highest BCUT2D eigenvalue weighted by Gasteiger charge is 2.44. The van der Waals surface area contributed by atoms with Crippen molar-refractivity contribution in [2.24, 2.45) is 5.41 Å². The molecular formula is C26H34ClN5O. The van der Waals surface area contributed by atoms with E-state index in [0.29, 0.717) is 29.3 Å². The van der Waals surface area contributed by atoms with E-state index in [4.69, 9.17) is 16.6 Å². The van der Waals surface area contributed by atoms with Gasteiger partial charge in [-0.1, -0.05) is 43.0 Å². The molecule has 2 aromatic rings. The molecule has 7 heteroatoms. The summed E-state index contributed by atoms with van der Waals surface area (Å²) in [6.45, 7) is 4.51. The summed E-state index contributed by atoms with van der Waals surface area (Å²) < 4.78 is 0. The number of hydrogen-bond donors (Lipinski definition) is 2. The number of nitrogens with one attached hydrogen (secondary N) is 2. The van der Waals surface area contributed by atoms with E-state index in [2.05, 4.69) is 26.6 Å². The highest BCUT2D eigenvalue weighted by atomic mass is 35.5. The second-order valence-corrected chi connectivity index (χ2v) is 10.6. The van der Waals surface area contributed by atoms with E-state index in [-0.39, 0.29) is 11.9 Å². The van der Waals surface area contributed by atoms with Gasteiger partial charge in [0.1, 0.15) is 11.4 Å². The van der Waals surface area contributed by atoms with Crippen molar-refractivity contribution in [3.8, 4) is 0 Å². The van der Waals surface area contributed by atoms with Crippen LogP contribution in [0.25, 0.3) is 0 Å². The van der Waals surface area contributed by atoms with Gasteiger partial charge in [-0.25, -0.2) is 4.98 Å². The number of anilines is 2. The van der Waals surface area contributed by atoms with Crippen molar-refractivity contribution in [2.45, 2.75) is 77.3 Å². The fraction of sp³-hybridized carbons (Fsp3) is 0.577. The van der Waals surface area contributed by atoms with Crippen LogP contribution in [0.2, 0.25) is 5.02 Å². The first-order valence-electron chi connectivity index (χ1n) is 12.4. The Balaban J connectivity index is 1.35. The molecule has 0 unspecified atom stereocenters. The van der Waals surface area contributed by atoms with Gasteiger partial charge in [0.05, 0.1) is 0 Å². The predicted molar refractivity (Wildman–Crippen MR) is 133 cm³/mol. The van der Waals surface area contributed by atoms with E-state index in [0.717, 1.165) is 42.1 Å². The van der Waals surface area contributed by atoms with E-state index >= 15 is 0 Å². The van der Waals surface area contributed by atoms with E-state index in [1.165, 1.54) is 44.9 Å². The summed E-state index contributed by atoms with van der Waals surface area (Å²) in [5.41, 5.74) is 3.22. The van der Waals surface area contributed by atoms with Crippen LogP contribution in [0.15, 0.2) is 24.4 Å². The number of carbonyl (C=O) groups is 1. The number of piperidine rings is 1. The maximum absolute atomic E-state index is 13.2. The fourth-order valence-corrected chi connectivity index (χ4v) is 5.33. The molecule has 1 amide bonds. The molecule has 0 radical (unpaired) electrons. The van der Waals surface area contributed by atoms with Gasteiger partial charge in [0, 0.05) is 36.9 Å². The molecule has 5 rings (SSSR count). The molecule has 176 valence electrons. The minimum atomic E-state index is -0.0894. The largest absolute Gasteiger partial charge is 0.365 e. The number of nitrogens with zero attached hydrogens (tertiary/aromatic N) is 3. The van der Waals surface area contributed by atoms with Gasteiger partial charge in [0.25, 0.3) is 5.91 Å². The summed E-state index contributed by atoms with van der Waals surface area (Å²) in [4.78, 5) is 24.9. The minimum absolute atomic E-state index is 0.0894. The Kier molecular flexibility index (Phi) is 6.46. The maximum Gasteiger partial charge on any atom is 0.256 e. The fourth-order valence-electron chi connectivity index (χ4n) is 5.13. The number of aromatic nitrogens is 2. The van der Waals surface area contributed by atoms with Crippen LogP contribution in [0, 0.1) is 12.3 Å². The number of amides is 1. The van der Waals surface area contributed by atoms with Crippen molar-refractivity contribution in [3.05, 3.63) is 46.1 Å². The van der Waals surface area contributed by atoms with Crippen LogP contribution in [0.1, 0.15) is 79.3 Å². The third-order valence-electron chi connectivity index (χ3n) is 7.72. The summed E-state index contributed by atoms with van der Waals surface area (Å²) in [6, 6.07) is 6.28. The van der Waals surface area contributed by atoms with Gasteiger partial charge >= 0.3 is 0 Å². The van der Waals surface area contributed by atoms with Crippen molar-refractivity contribution >= 4 is 29.3 Å². The molecule has 2 heterocycles. The summed E-state index contributed by atoms with van der Waals surface area (Å²) >= 11 is 6.32. The second-order valence-electron chi connectivity index (χ2n) is 10.2. The van der Waals surface area contributed by atoms with Crippen LogP contribution in [-0.4, -0.2) is 35.0 Å². The Morgan fingerprint density at radius 3 is 2.61 bits per heavy atom. The minimum Gasteiger partial charge on any atom is -0.365 e. The highest BCUT2D eigenvalue weighted by molar-refractivity contribution is 6.31. The Morgan fingerprint density at radius 1 is 1.15 bits per heavy atom. The first-order valence-corrected chi connectivity index (χ1v) is 12.8. The van der Waals surface area contributed by atoms with Crippen LogP contribution in [-0.2, 0) is 6.54 Å². The zero-order valence-electron chi connectivity index (χ0n) is 19.5. The Labute approximate surface area is 201 Å². The van der Waals surface area contributed by atoms with Crippen LogP contribution in [0.3, 0.4) is 0 Å². The molecule has 1 saturated heterocycles. The molecular weight excluding hydrogens is 434 g/mol. The van der Waals surface area contributed by atoms with Gasteiger partial charge in [-0.3, -0.25) is 4.79 Å². The molecule has 2 aliphatic carbocycles. The van der Waals surface area contributed by atoms with Gasteiger partial charge in [0.2, 0.25) is 5.95 Å². The highest BCUT2D eigenvalue weighted by Crippen LogP contribution is 2.53. The average Bonchev–Trinajstić information content (AvgIpc) is 3.59. The maximum atomic E-state index is 13.2. The van der Waals surface area contributed by atoms with Crippen LogP contribution < -0.4 is 15.5 Å². The summed E-state index contributed by atoms with van der Waals surface area (Å²) in [5, 5.41) is 7.37. The molecule has 0 atom stereocenters. The second kappa shape index (κ2) is 9.49. The SMILES string of the molecule is Cc1ccc(CNc2nc(N3CCC4(CC3)CC4)ncc2C(=O)NC2CCCCC2)cc1Cl. The van der Waals surface area contributed by atoms with E-state index in [9.17, 15) is 4.79 Å². The van der Waals surface area contributed by atoms with Crippen LogP contribution >= 0.6 is 11.6 Å². The number of benzene rings is 1. The number of halogens is 1. The van der Waals surface area contributed by atoms with Gasteiger partial charge in [-0.05, 0) is 68.1 Å². The molecule has 3 aliphatic rings. The first-order chi connectivity index (χ1) is 16.0. The van der Waals surface area contributed by atoms with E-state index in [1.807, 2.05) is 19.1 Å². The number of hydrogen-bond acceptors (Lipinski definition) is 5. The van der Waals surface area contributed by atoms with Crippen molar-refractivity contribution in [1.82, 2.24) is 15.3 Å². The lowest BCUT2D eigenvalue weighted by Gasteiger charge is -2.32. The monoisotopic (exact) mass is 467 g/mol. The van der Waals surface area contributed by atoms with Gasteiger partial charge < -0.3 is 15.5 Å². The van der Waals surface area contributed by atoms with Crippen molar-refractivity contribution < 1.29 is 4.79 Å². The molecule has 0 bridgehead atoms. The number of rotatable bonds is 6. The summed E-state index contributed by atoms with van der Waals surface area (Å²) in [5.74, 6) is 1.22. The molecule has 3 fully saturated rings. The molecule has 1 aliphatic heterocycles. The van der Waals surface area contributed by atoms with E-state index in [1.54, 1.807) is 6.20 Å². The molecule has 1 spiro atoms. The molecule has 1 aromatic heterocycles. The lowest BCUT2D eigenvalue weighted by molar-refractivity contribution is 0.0928. The standard InChI is InChI=1S/C26H34ClN5O/c1-18-7-8-19(15-22(18)27)16-28-23-21(24(33)30-20-5-3-2-4-6-20)17-29-25(31-23)32-13-11-26(9-10-26)12-14-32/h7-8,15,17,20H,2-6,9-14,16H2,1H3,(H,30,33)(H,28,29,31). The van der Waals surface area contributed by atoms with Gasteiger partial charge in [-0.15, -0.1) is 0 Å². The normalized spacial score (nSPS) is 20.0. The van der Waals surface area contributed by atoms with Crippen molar-refractivity contribution in [2.75, 3.05) is 23.3 Å². The quantitative estimate of drug-likeness (QED) is 0.587. The number of carbonyl (C=O) groups excluding carboxylic acids is 1. The van der Waals surface area contributed by atoms with Crippen molar-refractivity contribution in [3.63, 3.8) is 0 Å². The third kappa shape index (κ3) is 5.26. The molecule has 1 aromatic carbocycles. The smallest absolute Gasteiger partial charge is 0.256 e. The molecule has 33 heavy (non-hydrogen) atoms. The molecule has 6 nitrogen and oxygen atoms in total. The lowest BCUT2D eigenvalue weighted by atomic mass is 9.94. The summed E-state index contributed by atoms with van der Waals surface area (Å²) in [7, 11) is 0. The Morgan fingerprint density at radius 2 is 1.91 bits per heavy atom. The number of aryl methyl sites for hydroxylation is 1. The van der Waals surface area contributed by atoms with Crippen LogP contribution in [0.4, 0.5) is 11.8 Å². The zero-order chi connectivity index (χ0) is 22.8.